The molecule has 18 heavy (non-hydrogen) atoms. The largest absolute Gasteiger partial charge is 0.367 e. The third-order valence-electron chi connectivity index (χ3n) is 2.72. The minimum atomic E-state index is -3.27. The Hall–Kier alpha value is -1.89. The van der Waals surface area contributed by atoms with Gasteiger partial charge in [0.15, 0.2) is 9.84 Å². The maximum Gasteiger partial charge on any atom is 0.230 e. The van der Waals surface area contributed by atoms with E-state index in [0.29, 0.717) is 16.8 Å². The summed E-state index contributed by atoms with van der Waals surface area (Å²) in [5.41, 5.74) is 7.18. The summed E-state index contributed by atoms with van der Waals surface area (Å²) in [5.74, 6) is 0.0912. The molecule has 2 N–H and O–H groups in total. The molecule has 2 aromatic rings. The van der Waals surface area contributed by atoms with Crippen molar-refractivity contribution in [2.45, 2.75) is 12.2 Å². The van der Waals surface area contributed by atoms with E-state index >= 15 is 0 Å². The number of nitrogens with two attached hydrogens (primary N) is 1. The standard InChI is InChI=1S/C11H13N3O3S/c1-7(18(2,15)16)10-9(11(12)17-14-10)8-4-3-5-13-6-8/h3-7H,12H2,1-2H3. The second kappa shape index (κ2) is 4.41. The fourth-order valence-corrected chi connectivity index (χ4v) is 2.16. The van der Waals surface area contributed by atoms with Gasteiger partial charge in [0.1, 0.15) is 10.9 Å². The molecule has 2 rings (SSSR count). The van der Waals surface area contributed by atoms with Crippen molar-refractivity contribution in [3.8, 4) is 11.1 Å². The third kappa shape index (κ3) is 2.21. The lowest BCUT2D eigenvalue weighted by Gasteiger charge is -2.08. The Balaban J connectivity index is 2.60. The van der Waals surface area contributed by atoms with E-state index < -0.39 is 15.1 Å². The zero-order valence-corrected chi connectivity index (χ0v) is 10.8. The van der Waals surface area contributed by atoms with Crippen LogP contribution in [0.15, 0.2) is 29.0 Å². The summed E-state index contributed by atoms with van der Waals surface area (Å²) >= 11 is 0. The van der Waals surface area contributed by atoms with E-state index in [2.05, 4.69) is 10.1 Å². The highest BCUT2D eigenvalue weighted by atomic mass is 32.2. The normalized spacial score (nSPS) is 13.4. The van der Waals surface area contributed by atoms with Crippen molar-refractivity contribution in [3.63, 3.8) is 0 Å². The monoisotopic (exact) mass is 267 g/mol. The van der Waals surface area contributed by atoms with Crippen LogP contribution in [0.4, 0.5) is 5.88 Å². The number of nitrogen functional groups attached to an aromatic ring is 1. The van der Waals surface area contributed by atoms with Gasteiger partial charge in [-0.1, -0.05) is 11.2 Å². The molecule has 0 aliphatic heterocycles. The van der Waals surface area contributed by atoms with Crippen molar-refractivity contribution in [1.82, 2.24) is 10.1 Å². The van der Waals surface area contributed by atoms with Crippen molar-refractivity contribution in [1.29, 1.82) is 0 Å². The first-order chi connectivity index (χ1) is 8.41. The molecule has 1 atom stereocenters. The van der Waals surface area contributed by atoms with Crippen LogP contribution >= 0.6 is 0 Å². The van der Waals surface area contributed by atoms with Crippen molar-refractivity contribution in [2.75, 3.05) is 12.0 Å². The first kappa shape index (κ1) is 12.6. The van der Waals surface area contributed by atoms with Gasteiger partial charge in [0.25, 0.3) is 0 Å². The molecule has 6 nitrogen and oxygen atoms in total. The number of hydrogen-bond donors (Lipinski definition) is 1. The molecule has 0 saturated carbocycles. The maximum atomic E-state index is 11.6. The summed E-state index contributed by atoms with van der Waals surface area (Å²) in [6.07, 6.45) is 4.35. The van der Waals surface area contributed by atoms with Gasteiger partial charge in [-0.2, -0.15) is 0 Å². The molecule has 0 amide bonds. The highest BCUT2D eigenvalue weighted by Crippen LogP contribution is 2.35. The molecule has 2 aromatic heterocycles. The Bertz CT molecular complexity index is 649. The lowest BCUT2D eigenvalue weighted by atomic mass is 10.1. The molecule has 0 bridgehead atoms. The van der Waals surface area contributed by atoms with Crippen molar-refractivity contribution < 1.29 is 12.9 Å². The van der Waals surface area contributed by atoms with E-state index in [0.717, 1.165) is 6.26 Å². The van der Waals surface area contributed by atoms with E-state index in [4.69, 9.17) is 10.3 Å². The molecule has 0 spiro atoms. The second-order valence-electron chi connectivity index (χ2n) is 4.02. The Morgan fingerprint density at radius 1 is 1.44 bits per heavy atom. The molecule has 1 unspecified atom stereocenters. The van der Waals surface area contributed by atoms with Crippen LogP contribution in [-0.4, -0.2) is 24.8 Å². The van der Waals surface area contributed by atoms with Gasteiger partial charge in [0, 0.05) is 24.2 Å². The van der Waals surface area contributed by atoms with E-state index in [1.807, 2.05) is 0 Å². The van der Waals surface area contributed by atoms with Gasteiger partial charge in [0.2, 0.25) is 5.88 Å². The third-order valence-corrected chi connectivity index (χ3v) is 4.23. The number of sulfone groups is 1. The number of rotatable bonds is 3. The molecular formula is C11H13N3O3S. The minimum absolute atomic E-state index is 0.0912. The van der Waals surface area contributed by atoms with Gasteiger partial charge < -0.3 is 10.3 Å². The van der Waals surface area contributed by atoms with E-state index in [1.165, 1.54) is 0 Å². The van der Waals surface area contributed by atoms with Crippen molar-refractivity contribution >= 4 is 15.7 Å². The molecule has 7 heteroatoms. The molecule has 2 heterocycles. The second-order valence-corrected chi connectivity index (χ2v) is 6.39. The van der Waals surface area contributed by atoms with E-state index in [9.17, 15) is 8.42 Å². The number of aromatic nitrogens is 2. The van der Waals surface area contributed by atoms with Gasteiger partial charge in [-0.3, -0.25) is 4.98 Å². The summed E-state index contributed by atoms with van der Waals surface area (Å²) in [4.78, 5) is 3.97. The average molecular weight is 267 g/mol. The van der Waals surface area contributed by atoms with Crippen LogP contribution in [-0.2, 0) is 9.84 Å². The smallest absolute Gasteiger partial charge is 0.230 e. The van der Waals surface area contributed by atoms with Gasteiger partial charge in [0.05, 0.1) is 5.56 Å². The van der Waals surface area contributed by atoms with Crippen LogP contribution in [0.25, 0.3) is 11.1 Å². The van der Waals surface area contributed by atoms with Gasteiger partial charge in [-0.15, -0.1) is 0 Å². The summed E-state index contributed by atoms with van der Waals surface area (Å²) in [5, 5.41) is 2.97. The van der Waals surface area contributed by atoms with Crippen LogP contribution in [0, 0.1) is 0 Å². The zero-order chi connectivity index (χ0) is 13.3. The average Bonchev–Trinajstić information content (AvgIpc) is 2.70. The lowest BCUT2D eigenvalue weighted by Crippen LogP contribution is -2.09. The SMILES string of the molecule is CC(c1noc(N)c1-c1cccnc1)S(C)(=O)=O. The molecule has 0 fully saturated rings. The van der Waals surface area contributed by atoms with Crippen LogP contribution in [0.5, 0.6) is 0 Å². The number of anilines is 1. The van der Waals surface area contributed by atoms with Crippen molar-refractivity contribution in [2.24, 2.45) is 0 Å². The van der Waals surface area contributed by atoms with Crippen molar-refractivity contribution in [3.05, 3.63) is 30.2 Å². The first-order valence-corrected chi connectivity index (χ1v) is 7.21. The van der Waals surface area contributed by atoms with Gasteiger partial charge >= 0.3 is 0 Å². The molecule has 0 saturated heterocycles. The highest BCUT2D eigenvalue weighted by Gasteiger charge is 2.27. The summed E-state index contributed by atoms with van der Waals surface area (Å²) in [7, 11) is -3.27. The molecule has 0 radical (unpaired) electrons. The highest BCUT2D eigenvalue weighted by molar-refractivity contribution is 7.90. The molecular weight excluding hydrogens is 254 g/mol. The van der Waals surface area contributed by atoms with Gasteiger partial charge in [-0.25, -0.2) is 8.42 Å². The first-order valence-electron chi connectivity index (χ1n) is 5.25. The summed E-state index contributed by atoms with van der Waals surface area (Å²) < 4.78 is 28.1. The van der Waals surface area contributed by atoms with E-state index in [1.54, 1.807) is 31.5 Å². The van der Waals surface area contributed by atoms with Gasteiger partial charge in [-0.05, 0) is 13.0 Å². The fraction of sp³-hybridized carbons (Fsp3) is 0.273. The molecule has 0 aliphatic rings. The molecule has 96 valence electrons. The summed E-state index contributed by atoms with van der Waals surface area (Å²) in [6.45, 7) is 1.55. The predicted molar refractivity (Wildman–Crippen MR) is 67.4 cm³/mol. The van der Waals surface area contributed by atoms with Crippen LogP contribution in [0.2, 0.25) is 0 Å². The Morgan fingerprint density at radius 3 is 2.72 bits per heavy atom. The van der Waals surface area contributed by atoms with Crippen LogP contribution < -0.4 is 5.73 Å². The Labute approximate surface area is 105 Å². The Kier molecular flexibility index (Phi) is 3.08. The number of pyridine rings is 1. The topological polar surface area (TPSA) is 99.1 Å². The molecule has 0 aromatic carbocycles. The van der Waals surface area contributed by atoms with Crippen LogP contribution in [0.3, 0.4) is 0 Å². The maximum absolute atomic E-state index is 11.6. The van der Waals surface area contributed by atoms with Crippen LogP contribution in [0.1, 0.15) is 17.9 Å². The lowest BCUT2D eigenvalue weighted by molar-refractivity contribution is 0.427. The number of hydrogen-bond acceptors (Lipinski definition) is 6. The predicted octanol–water partition coefficient (Wildman–Crippen LogP) is 1.42. The quantitative estimate of drug-likeness (QED) is 0.903. The number of nitrogens with zero attached hydrogens (tertiary/aromatic N) is 2. The molecule has 0 aliphatic carbocycles. The fourth-order valence-electron chi connectivity index (χ4n) is 1.60. The Morgan fingerprint density at radius 2 is 2.17 bits per heavy atom. The minimum Gasteiger partial charge on any atom is -0.367 e. The zero-order valence-electron chi connectivity index (χ0n) is 9.99. The van der Waals surface area contributed by atoms with E-state index in [-0.39, 0.29) is 5.88 Å². The summed E-state index contributed by atoms with van der Waals surface area (Å²) in [6, 6.07) is 3.51.